The lowest BCUT2D eigenvalue weighted by atomic mass is 10.1. The number of carbonyl (C=O) groups is 1. The van der Waals surface area contributed by atoms with Crippen molar-refractivity contribution in [3.05, 3.63) is 89.2 Å². The molecule has 2 aromatic carbocycles. The summed E-state index contributed by atoms with van der Waals surface area (Å²) in [5.74, 6) is 0.355. The Hall–Kier alpha value is -3.87. The fourth-order valence-electron chi connectivity index (χ4n) is 2.51. The molecule has 1 aromatic heterocycles. The van der Waals surface area contributed by atoms with E-state index in [1.807, 2.05) is 25.1 Å². The van der Waals surface area contributed by atoms with E-state index >= 15 is 0 Å². The van der Waals surface area contributed by atoms with Gasteiger partial charge in [-0.25, -0.2) is 0 Å². The van der Waals surface area contributed by atoms with Gasteiger partial charge in [-0.05, 0) is 55.0 Å². The highest BCUT2D eigenvalue weighted by Gasteiger charge is 2.10. The normalized spacial score (nSPS) is 11.1. The molecule has 7 nitrogen and oxygen atoms in total. The van der Waals surface area contributed by atoms with Crippen LogP contribution in [0.25, 0.3) is 0 Å². The third kappa shape index (κ3) is 4.64. The fourth-order valence-corrected chi connectivity index (χ4v) is 2.51. The summed E-state index contributed by atoms with van der Waals surface area (Å²) in [6.45, 7) is 2.21. The van der Waals surface area contributed by atoms with Gasteiger partial charge in [-0.3, -0.25) is 9.78 Å². The molecule has 0 spiro atoms. The van der Waals surface area contributed by atoms with Gasteiger partial charge in [0.2, 0.25) is 0 Å². The van der Waals surface area contributed by atoms with E-state index in [0.29, 0.717) is 29.2 Å². The summed E-state index contributed by atoms with van der Waals surface area (Å²) < 4.78 is 5.67. The smallest absolute Gasteiger partial charge is 0.255 e. The van der Waals surface area contributed by atoms with Crippen molar-refractivity contribution >= 4 is 17.4 Å². The highest BCUT2D eigenvalue weighted by Crippen LogP contribution is 2.19. The van der Waals surface area contributed by atoms with E-state index in [9.17, 15) is 4.79 Å². The number of hydrogen-bond acceptors (Lipinski definition) is 5. The molecule has 4 N–H and O–H groups in total. The minimum absolute atomic E-state index is 0.0232. The zero-order chi connectivity index (χ0) is 19.9. The first kappa shape index (κ1) is 18.9. The molecule has 0 fully saturated rings. The third-order valence-corrected chi connectivity index (χ3v) is 4.12. The van der Waals surface area contributed by atoms with E-state index in [1.165, 1.54) is 0 Å². The predicted octanol–water partition coefficient (Wildman–Crippen LogP) is 3.32. The van der Waals surface area contributed by atoms with Crippen LogP contribution in [-0.2, 0) is 6.61 Å². The number of oxime groups is 1. The molecular formula is C21H20N4O3. The number of anilines is 1. The number of hydrogen-bond donors (Lipinski definition) is 3. The van der Waals surface area contributed by atoms with Crippen LogP contribution in [0.1, 0.15) is 27.2 Å². The number of carbonyl (C=O) groups excluding carboxylic acids is 1. The maximum absolute atomic E-state index is 12.5. The van der Waals surface area contributed by atoms with Crippen molar-refractivity contribution in [3.63, 3.8) is 0 Å². The predicted molar refractivity (Wildman–Crippen MR) is 107 cm³/mol. The van der Waals surface area contributed by atoms with Crippen molar-refractivity contribution < 1.29 is 14.7 Å². The second-order valence-electron chi connectivity index (χ2n) is 6.10. The summed E-state index contributed by atoms with van der Waals surface area (Å²) in [6, 6.07) is 17.6. The summed E-state index contributed by atoms with van der Waals surface area (Å²) >= 11 is 0. The zero-order valence-electron chi connectivity index (χ0n) is 15.3. The minimum Gasteiger partial charge on any atom is -0.487 e. The third-order valence-electron chi connectivity index (χ3n) is 4.12. The van der Waals surface area contributed by atoms with Gasteiger partial charge in [0.05, 0.1) is 5.69 Å². The van der Waals surface area contributed by atoms with Crippen molar-refractivity contribution in [1.82, 2.24) is 4.98 Å². The van der Waals surface area contributed by atoms with E-state index < -0.39 is 0 Å². The van der Waals surface area contributed by atoms with Crippen molar-refractivity contribution in [2.75, 3.05) is 5.32 Å². The second kappa shape index (κ2) is 8.68. The average Bonchev–Trinajstić information content (AvgIpc) is 2.74. The maximum Gasteiger partial charge on any atom is 0.255 e. The Morgan fingerprint density at radius 2 is 1.89 bits per heavy atom. The van der Waals surface area contributed by atoms with Gasteiger partial charge in [0.25, 0.3) is 5.91 Å². The second-order valence-corrected chi connectivity index (χ2v) is 6.10. The molecule has 3 rings (SSSR count). The largest absolute Gasteiger partial charge is 0.487 e. The van der Waals surface area contributed by atoms with Crippen molar-refractivity contribution in [3.8, 4) is 5.75 Å². The number of benzene rings is 2. The highest BCUT2D eigenvalue weighted by molar-refractivity contribution is 6.06. The van der Waals surface area contributed by atoms with Crippen LogP contribution in [0, 0.1) is 6.92 Å². The van der Waals surface area contributed by atoms with Crippen LogP contribution < -0.4 is 15.8 Å². The average molecular weight is 376 g/mol. The summed E-state index contributed by atoms with van der Waals surface area (Å²) in [7, 11) is 0. The number of aryl methyl sites for hydroxylation is 1. The Labute approximate surface area is 162 Å². The van der Waals surface area contributed by atoms with Gasteiger partial charge >= 0.3 is 0 Å². The number of nitrogens with one attached hydrogen (secondary N) is 1. The van der Waals surface area contributed by atoms with Gasteiger partial charge in [0.1, 0.15) is 12.4 Å². The monoisotopic (exact) mass is 376 g/mol. The number of pyridine rings is 1. The Kier molecular flexibility index (Phi) is 5.86. The lowest BCUT2D eigenvalue weighted by Gasteiger charge is -2.11. The molecule has 0 saturated carbocycles. The van der Waals surface area contributed by atoms with Gasteiger partial charge in [-0.2, -0.15) is 0 Å². The van der Waals surface area contributed by atoms with E-state index in [2.05, 4.69) is 15.5 Å². The van der Waals surface area contributed by atoms with Crippen molar-refractivity contribution in [2.45, 2.75) is 13.5 Å². The lowest BCUT2D eigenvalue weighted by molar-refractivity contribution is 0.102. The first-order valence-electron chi connectivity index (χ1n) is 8.59. The van der Waals surface area contributed by atoms with Gasteiger partial charge in [-0.1, -0.05) is 23.4 Å². The topological polar surface area (TPSA) is 110 Å². The lowest BCUT2D eigenvalue weighted by Crippen LogP contribution is -2.16. The van der Waals surface area contributed by atoms with E-state index in [-0.39, 0.29) is 11.7 Å². The molecule has 1 heterocycles. The molecule has 0 bridgehead atoms. The number of nitrogens with two attached hydrogens (primary N) is 1. The molecule has 1 amide bonds. The van der Waals surface area contributed by atoms with Crippen LogP contribution in [0.2, 0.25) is 0 Å². The number of nitrogens with zero attached hydrogens (tertiary/aromatic N) is 2. The quantitative estimate of drug-likeness (QED) is 0.265. The molecule has 7 heteroatoms. The van der Waals surface area contributed by atoms with Gasteiger partial charge in [-0.15, -0.1) is 0 Å². The Bertz CT molecular complexity index is 986. The molecule has 142 valence electrons. The molecule has 0 atom stereocenters. The zero-order valence-corrected chi connectivity index (χ0v) is 15.3. The molecule has 0 aliphatic carbocycles. The molecule has 0 saturated heterocycles. The first-order chi connectivity index (χ1) is 13.6. The number of amidine groups is 1. The molecule has 28 heavy (non-hydrogen) atoms. The van der Waals surface area contributed by atoms with Gasteiger partial charge in [0, 0.05) is 23.0 Å². The molecule has 0 aliphatic heterocycles. The summed E-state index contributed by atoms with van der Waals surface area (Å²) in [4.78, 5) is 16.7. The van der Waals surface area contributed by atoms with E-state index in [0.717, 1.165) is 11.3 Å². The summed E-state index contributed by atoms with van der Waals surface area (Å²) in [5, 5.41) is 14.6. The summed E-state index contributed by atoms with van der Waals surface area (Å²) in [5.41, 5.74) is 8.88. The van der Waals surface area contributed by atoms with Crippen LogP contribution in [0.15, 0.2) is 72.0 Å². The molecular weight excluding hydrogens is 356 g/mol. The maximum atomic E-state index is 12.5. The van der Waals surface area contributed by atoms with Crippen molar-refractivity contribution in [1.29, 1.82) is 0 Å². The Morgan fingerprint density at radius 1 is 1.14 bits per heavy atom. The molecule has 0 aliphatic rings. The number of aromatic nitrogens is 1. The van der Waals surface area contributed by atoms with Crippen LogP contribution in [0.5, 0.6) is 5.75 Å². The number of amides is 1. The van der Waals surface area contributed by atoms with Gasteiger partial charge in [0.15, 0.2) is 5.84 Å². The van der Waals surface area contributed by atoms with E-state index in [4.69, 9.17) is 15.7 Å². The molecule has 0 radical (unpaired) electrons. The van der Waals surface area contributed by atoms with Gasteiger partial charge < -0.3 is 21.0 Å². The molecule has 3 aromatic rings. The fraction of sp³-hybridized carbons (Fsp3) is 0.0952. The number of ether oxygens (including phenoxy) is 1. The van der Waals surface area contributed by atoms with Crippen molar-refractivity contribution in [2.24, 2.45) is 10.9 Å². The molecule has 0 unspecified atom stereocenters. The van der Waals surface area contributed by atoms with Crippen LogP contribution >= 0.6 is 0 Å². The Morgan fingerprint density at radius 3 is 2.57 bits per heavy atom. The summed E-state index contributed by atoms with van der Waals surface area (Å²) in [6.07, 6.45) is 1.71. The number of rotatable bonds is 6. The standard InChI is InChI=1S/C21H20N4O3/c1-14-5-6-16(20(22)25-27)12-19(14)24-21(26)15-7-9-18(10-8-15)28-13-17-4-2-3-11-23-17/h2-12,27H,13H2,1H3,(H2,22,25)(H,24,26). The first-order valence-corrected chi connectivity index (χ1v) is 8.59. The van der Waals surface area contributed by atoms with Crippen LogP contribution in [-0.4, -0.2) is 21.9 Å². The van der Waals surface area contributed by atoms with E-state index in [1.54, 1.807) is 48.7 Å². The van der Waals surface area contributed by atoms with Crippen LogP contribution in [0.4, 0.5) is 5.69 Å². The minimum atomic E-state index is -0.268. The van der Waals surface area contributed by atoms with Crippen LogP contribution in [0.3, 0.4) is 0 Å². The highest BCUT2D eigenvalue weighted by atomic mass is 16.5. The Balaban J connectivity index is 1.66. The SMILES string of the molecule is Cc1ccc(/C(N)=N/O)cc1NC(=O)c1ccc(OCc2ccccn2)cc1.